The summed E-state index contributed by atoms with van der Waals surface area (Å²) in [4.78, 5) is 21.2. The molecule has 98 valence electrons. The first-order valence-electron chi connectivity index (χ1n) is 5.30. The van der Waals surface area contributed by atoms with Crippen molar-refractivity contribution in [3.8, 4) is 5.75 Å². The van der Waals surface area contributed by atoms with Gasteiger partial charge in [0.1, 0.15) is 5.75 Å². The van der Waals surface area contributed by atoms with Crippen LogP contribution in [0, 0.1) is 10.1 Å². The number of carbonyl (C=O) groups is 1. The molecule has 0 bridgehead atoms. The Morgan fingerprint density at radius 1 is 1.44 bits per heavy atom. The van der Waals surface area contributed by atoms with Crippen LogP contribution in [-0.4, -0.2) is 15.2 Å². The van der Waals surface area contributed by atoms with Gasteiger partial charge < -0.3 is 9.47 Å². The quantitative estimate of drug-likeness (QED) is 0.199. The lowest BCUT2D eigenvalue weighted by atomic mass is 10.3. The molecule has 0 amide bonds. The number of nitro benzene ring substituents is 1. The smallest absolute Gasteiger partial charge is 0.420 e. The molecule has 0 aliphatic heterocycles. The van der Waals surface area contributed by atoms with Gasteiger partial charge in [-0.05, 0) is 41.1 Å². The Hall–Kier alpha value is -1.38. The number of rotatable bonds is 5. The molecular formula is C11H12INO5. The Morgan fingerprint density at radius 2 is 2.06 bits per heavy atom. The van der Waals surface area contributed by atoms with Crippen molar-refractivity contribution in [2.24, 2.45) is 0 Å². The topological polar surface area (TPSA) is 78.7 Å². The van der Waals surface area contributed by atoms with Crippen molar-refractivity contribution >= 4 is 34.4 Å². The fourth-order valence-electron chi connectivity index (χ4n) is 1.15. The molecular weight excluding hydrogens is 353 g/mol. The molecule has 1 rings (SSSR count). The monoisotopic (exact) mass is 365 g/mol. The normalized spacial score (nSPS) is 11.7. The molecule has 1 unspecified atom stereocenters. The highest BCUT2D eigenvalue weighted by Crippen LogP contribution is 2.18. The van der Waals surface area contributed by atoms with Crippen LogP contribution in [0.2, 0.25) is 0 Å². The minimum Gasteiger partial charge on any atom is -0.420 e. The Morgan fingerprint density at radius 3 is 2.56 bits per heavy atom. The highest BCUT2D eigenvalue weighted by atomic mass is 127. The van der Waals surface area contributed by atoms with E-state index in [9.17, 15) is 14.9 Å². The molecule has 0 aromatic heterocycles. The van der Waals surface area contributed by atoms with Crippen molar-refractivity contribution < 1.29 is 19.2 Å². The van der Waals surface area contributed by atoms with Crippen LogP contribution in [-0.2, 0) is 4.74 Å². The van der Waals surface area contributed by atoms with E-state index in [0.29, 0.717) is 0 Å². The summed E-state index contributed by atoms with van der Waals surface area (Å²) in [6.07, 6.45) is 0.839. The van der Waals surface area contributed by atoms with Crippen molar-refractivity contribution in [1.82, 2.24) is 0 Å². The molecule has 0 saturated carbocycles. The number of halogens is 1. The van der Waals surface area contributed by atoms with E-state index in [-0.39, 0.29) is 15.5 Å². The van der Waals surface area contributed by atoms with Gasteiger partial charge in [-0.15, -0.1) is 0 Å². The van der Waals surface area contributed by atoms with Crippen LogP contribution >= 0.6 is 22.6 Å². The minimum absolute atomic E-state index is 0.0616. The van der Waals surface area contributed by atoms with Crippen LogP contribution in [0.5, 0.6) is 5.75 Å². The van der Waals surface area contributed by atoms with Crippen molar-refractivity contribution in [3.63, 3.8) is 0 Å². The van der Waals surface area contributed by atoms with Gasteiger partial charge in [0.2, 0.25) is 0 Å². The maximum absolute atomic E-state index is 11.3. The predicted octanol–water partition coefficient (Wildman–Crippen LogP) is 3.67. The number of benzene rings is 1. The van der Waals surface area contributed by atoms with Crippen molar-refractivity contribution in [2.75, 3.05) is 0 Å². The summed E-state index contributed by atoms with van der Waals surface area (Å²) in [5.41, 5.74) is -0.0616. The molecule has 0 aliphatic rings. The Kier molecular flexibility index (Phi) is 5.83. The summed E-state index contributed by atoms with van der Waals surface area (Å²) in [7, 11) is 0. The first kappa shape index (κ1) is 14.7. The van der Waals surface area contributed by atoms with E-state index >= 15 is 0 Å². The van der Waals surface area contributed by atoms with Gasteiger partial charge in [-0.3, -0.25) is 10.1 Å². The summed E-state index contributed by atoms with van der Waals surface area (Å²) >= 11 is 2.00. The maximum Gasteiger partial charge on any atom is 0.514 e. The molecule has 0 aliphatic carbocycles. The number of ether oxygens (including phenoxy) is 2. The molecule has 7 heteroatoms. The SMILES string of the molecule is CCCC(I)OC(=O)Oc1ccc([N+](=O)[O-])cc1. The molecule has 0 heterocycles. The highest BCUT2D eigenvalue weighted by molar-refractivity contribution is 14.1. The van der Waals surface area contributed by atoms with E-state index in [4.69, 9.17) is 9.47 Å². The van der Waals surface area contributed by atoms with Crippen LogP contribution in [0.15, 0.2) is 24.3 Å². The molecule has 1 aromatic rings. The lowest BCUT2D eigenvalue weighted by Gasteiger charge is -2.10. The first-order valence-corrected chi connectivity index (χ1v) is 6.54. The molecule has 18 heavy (non-hydrogen) atoms. The summed E-state index contributed by atoms with van der Waals surface area (Å²) < 4.78 is 9.60. The second-order valence-electron chi connectivity index (χ2n) is 3.42. The lowest BCUT2D eigenvalue weighted by Crippen LogP contribution is -2.15. The summed E-state index contributed by atoms with van der Waals surface area (Å²) in [6.45, 7) is 1.98. The third-order valence-electron chi connectivity index (χ3n) is 1.99. The van der Waals surface area contributed by atoms with Crippen LogP contribution in [0.4, 0.5) is 10.5 Å². The summed E-state index contributed by atoms with van der Waals surface area (Å²) in [5.74, 6) is 0.214. The minimum atomic E-state index is -0.809. The van der Waals surface area contributed by atoms with Gasteiger partial charge in [-0.1, -0.05) is 13.3 Å². The van der Waals surface area contributed by atoms with Gasteiger partial charge in [0, 0.05) is 12.1 Å². The second-order valence-corrected chi connectivity index (χ2v) is 4.81. The van der Waals surface area contributed by atoms with Crippen molar-refractivity contribution in [3.05, 3.63) is 34.4 Å². The fraction of sp³-hybridized carbons (Fsp3) is 0.364. The maximum atomic E-state index is 11.3. The van der Waals surface area contributed by atoms with Crippen LogP contribution in [0.1, 0.15) is 19.8 Å². The zero-order valence-corrected chi connectivity index (χ0v) is 11.8. The Balaban J connectivity index is 2.51. The van der Waals surface area contributed by atoms with Crippen molar-refractivity contribution in [2.45, 2.75) is 23.9 Å². The second kappa shape index (κ2) is 7.14. The molecule has 0 spiro atoms. The summed E-state index contributed by atoms with van der Waals surface area (Å²) in [6, 6.07) is 5.22. The zero-order chi connectivity index (χ0) is 13.5. The number of hydrogen-bond acceptors (Lipinski definition) is 5. The van der Waals surface area contributed by atoms with Crippen LogP contribution in [0.3, 0.4) is 0 Å². The molecule has 1 aromatic carbocycles. The van der Waals surface area contributed by atoms with Gasteiger partial charge in [-0.2, -0.15) is 0 Å². The number of hydrogen-bond donors (Lipinski definition) is 0. The fourth-order valence-corrected chi connectivity index (χ4v) is 1.98. The third kappa shape index (κ3) is 4.86. The molecule has 0 saturated heterocycles. The predicted molar refractivity (Wildman–Crippen MR) is 72.9 cm³/mol. The lowest BCUT2D eigenvalue weighted by molar-refractivity contribution is -0.384. The van der Waals surface area contributed by atoms with E-state index in [1.807, 2.05) is 29.5 Å². The molecule has 1 atom stereocenters. The van der Waals surface area contributed by atoms with Gasteiger partial charge in [0.05, 0.1) is 4.92 Å². The standard InChI is InChI=1S/C11H12INO5/c1-2-3-10(12)18-11(14)17-9-6-4-8(5-7-9)13(15)16/h4-7,10H,2-3H2,1H3. The number of alkyl halides is 1. The van der Waals surface area contributed by atoms with Gasteiger partial charge in [-0.25, -0.2) is 4.79 Å². The van der Waals surface area contributed by atoms with Gasteiger partial charge in [0.15, 0.2) is 4.11 Å². The molecule has 0 radical (unpaired) electrons. The van der Waals surface area contributed by atoms with E-state index in [2.05, 4.69) is 0 Å². The third-order valence-corrected chi connectivity index (χ3v) is 2.87. The van der Waals surface area contributed by atoms with E-state index in [0.717, 1.165) is 12.8 Å². The van der Waals surface area contributed by atoms with E-state index in [1.165, 1.54) is 24.3 Å². The largest absolute Gasteiger partial charge is 0.514 e. The number of nitrogens with zero attached hydrogens (tertiary/aromatic N) is 1. The first-order chi connectivity index (χ1) is 8.52. The van der Waals surface area contributed by atoms with Gasteiger partial charge in [0.25, 0.3) is 5.69 Å². The van der Waals surface area contributed by atoms with Gasteiger partial charge >= 0.3 is 6.16 Å². The Bertz CT molecular complexity index is 420. The average molecular weight is 365 g/mol. The van der Waals surface area contributed by atoms with E-state index < -0.39 is 11.1 Å². The van der Waals surface area contributed by atoms with E-state index in [1.54, 1.807) is 0 Å². The molecule has 0 N–H and O–H groups in total. The number of carbonyl (C=O) groups excluding carboxylic acids is 1. The number of non-ortho nitro benzene ring substituents is 1. The van der Waals surface area contributed by atoms with Crippen molar-refractivity contribution in [1.29, 1.82) is 0 Å². The highest BCUT2D eigenvalue weighted by Gasteiger charge is 2.13. The van der Waals surface area contributed by atoms with Crippen LogP contribution in [0.25, 0.3) is 0 Å². The zero-order valence-electron chi connectivity index (χ0n) is 9.67. The molecule has 6 nitrogen and oxygen atoms in total. The average Bonchev–Trinajstić information content (AvgIpc) is 2.29. The van der Waals surface area contributed by atoms with Crippen LogP contribution < -0.4 is 4.74 Å². The Labute approximate surface area is 118 Å². The summed E-state index contributed by atoms with van der Waals surface area (Å²) in [5, 5.41) is 10.4. The number of nitro groups is 1. The molecule has 0 fully saturated rings.